The molecule has 1 unspecified atom stereocenters. The summed E-state index contributed by atoms with van der Waals surface area (Å²) in [6, 6.07) is 3.84. The first-order valence-electron chi connectivity index (χ1n) is 10.4. The number of ether oxygens (including phenoxy) is 2. The lowest BCUT2D eigenvalue weighted by atomic mass is 9.85. The smallest absolute Gasteiger partial charge is 0.166 e. The Hall–Kier alpha value is -2.07. The number of methoxy groups -OCH3 is 2. The molecule has 2 aliphatic rings. The van der Waals surface area contributed by atoms with Crippen LogP contribution in [0.4, 0.5) is 0 Å². The molecule has 28 heavy (non-hydrogen) atoms. The number of fused-ring (bicyclic) bond motifs is 1. The Balaban J connectivity index is 1.57. The summed E-state index contributed by atoms with van der Waals surface area (Å²) in [5, 5.41) is 0. The highest BCUT2D eigenvalue weighted by Gasteiger charge is 2.34. The molecule has 1 aromatic carbocycles. The summed E-state index contributed by atoms with van der Waals surface area (Å²) in [4.78, 5) is 15.5. The van der Waals surface area contributed by atoms with Crippen molar-refractivity contribution in [1.29, 1.82) is 0 Å². The molecule has 1 heterocycles. The number of carbonyl (C=O) groups excluding carboxylic acids is 1. The predicted molar refractivity (Wildman–Crippen MR) is 113 cm³/mol. The van der Waals surface area contributed by atoms with Gasteiger partial charge in [0, 0.05) is 18.0 Å². The van der Waals surface area contributed by atoms with Crippen LogP contribution >= 0.6 is 0 Å². The molecule has 0 aromatic heterocycles. The molecule has 1 fully saturated rings. The second-order valence-corrected chi connectivity index (χ2v) is 7.95. The van der Waals surface area contributed by atoms with Gasteiger partial charge in [0.25, 0.3) is 0 Å². The number of likely N-dealkylation sites (tertiary alicyclic amines) is 1. The number of rotatable bonds is 7. The molecule has 4 nitrogen and oxygen atoms in total. The summed E-state index contributed by atoms with van der Waals surface area (Å²) in [6.07, 6.45) is 10.7. The van der Waals surface area contributed by atoms with Crippen molar-refractivity contribution in [3.63, 3.8) is 0 Å². The Morgan fingerprint density at radius 2 is 1.82 bits per heavy atom. The van der Waals surface area contributed by atoms with Crippen molar-refractivity contribution in [3.8, 4) is 11.5 Å². The molecular weight excluding hydrogens is 350 g/mol. The van der Waals surface area contributed by atoms with Crippen LogP contribution in [0.5, 0.6) is 11.5 Å². The number of carbonyl (C=O) groups is 1. The molecule has 0 radical (unpaired) electrons. The fourth-order valence-electron chi connectivity index (χ4n) is 4.58. The maximum atomic E-state index is 12.9. The fraction of sp³-hybridized carbons (Fsp3) is 0.542. The number of ketones is 1. The standard InChI is InChI=1S/C24H33NO3/c1-5-7-17(6-2)16-25-10-8-18(9-11-25)12-20-13-19-14-22(27-3)23(28-4)15-21(19)24(20)26/h5-7,14-15,18,20H,8-13,16H2,1-4H3/b7-5-,17-6+. The third-order valence-electron chi connectivity index (χ3n) is 6.19. The van der Waals surface area contributed by atoms with Crippen LogP contribution in [0.15, 0.2) is 35.9 Å². The van der Waals surface area contributed by atoms with Crippen molar-refractivity contribution in [1.82, 2.24) is 4.90 Å². The van der Waals surface area contributed by atoms with Gasteiger partial charge in [-0.2, -0.15) is 0 Å². The zero-order valence-corrected chi connectivity index (χ0v) is 17.7. The van der Waals surface area contributed by atoms with Gasteiger partial charge in [-0.25, -0.2) is 0 Å². The van der Waals surface area contributed by atoms with E-state index in [-0.39, 0.29) is 11.7 Å². The first-order valence-corrected chi connectivity index (χ1v) is 10.4. The summed E-state index contributed by atoms with van der Waals surface area (Å²) < 4.78 is 10.8. The average molecular weight is 384 g/mol. The number of hydrogen-bond donors (Lipinski definition) is 0. The van der Waals surface area contributed by atoms with Gasteiger partial charge in [0.1, 0.15) is 0 Å². The molecule has 0 bridgehead atoms. The van der Waals surface area contributed by atoms with Crippen LogP contribution in [-0.2, 0) is 6.42 Å². The van der Waals surface area contributed by atoms with Gasteiger partial charge in [-0.05, 0) is 81.8 Å². The number of hydrogen-bond acceptors (Lipinski definition) is 4. The van der Waals surface area contributed by atoms with E-state index in [4.69, 9.17) is 9.47 Å². The van der Waals surface area contributed by atoms with E-state index in [2.05, 4.69) is 37.0 Å². The maximum absolute atomic E-state index is 12.9. The van der Waals surface area contributed by atoms with Crippen LogP contribution in [0, 0.1) is 11.8 Å². The zero-order chi connectivity index (χ0) is 20.1. The molecule has 0 amide bonds. The Bertz CT molecular complexity index is 757. The molecule has 1 atom stereocenters. The van der Waals surface area contributed by atoms with E-state index in [1.807, 2.05) is 12.1 Å². The van der Waals surface area contributed by atoms with Gasteiger partial charge in [0.2, 0.25) is 0 Å². The zero-order valence-electron chi connectivity index (χ0n) is 17.7. The van der Waals surface area contributed by atoms with Gasteiger partial charge in [0.05, 0.1) is 14.2 Å². The van der Waals surface area contributed by atoms with E-state index >= 15 is 0 Å². The van der Waals surface area contributed by atoms with Crippen molar-refractivity contribution in [2.75, 3.05) is 33.9 Å². The van der Waals surface area contributed by atoms with Crippen LogP contribution in [0.1, 0.15) is 49.0 Å². The fourth-order valence-corrected chi connectivity index (χ4v) is 4.58. The van der Waals surface area contributed by atoms with Crippen LogP contribution in [0.3, 0.4) is 0 Å². The Labute approximate surface area is 169 Å². The molecule has 1 aliphatic carbocycles. The molecule has 0 saturated carbocycles. The minimum atomic E-state index is 0.109. The summed E-state index contributed by atoms with van der Waals surface area (Å²) in [6.45, 7) is 7.44. The maximum Gasteiger partial charge on any atom is 0.166 e. The highest BCUT2D eigenvalue weighted by molar-refractivity contribution is 6.02. The summed E-state index contributed by atoms with van der Waals surface area (Å²) in [7, 11) is 3.26. The van der Waals surface area contributed by atoms with Crippen LogP contribution < -0.4 is 9.47 Å². The molecule has 0 spiro atoms. The average Bonchev–Trinajstić information content (AvgIpc) is 3.02. The number of benzene rings is 1. The second kappa shape index (κ2) is 9.42. The van der Waals surface area contributed by atoms with E-state index < -0.39 is 0 Å². The Morgan fingerprint density at radius 1 is 1.14 bits per heavy atom. The molecule has 1 aliphatic heterocycles. The minimum absolute atomic E-state index is 0.109. The summed E-state index contributed by atoms with van der Waals surface area (Å²) >= 11 is 0. The van der Waals surface area contributed by atoms with E-state index in [1.54, 1.807) is 14.2 Å². The monoisotopic (exact) mass is 383 g/mol. The molecule has 1 aromatic rings. The quantitative estimate of drug-likeness (QED) is 0.641. The highest BCUT2D eigenvalue weighted by Crippen LogP contribution is 2.39. The van der Waals surface area contributed by atoms with E-state index in [9.17, 15) is 4.79 Å². The van der Waals surface area contributed by atoms with Gasteiger partial charge >= 0.3 is 0 Å². The SMILES string of the molecule is C/C=C\C(=C/C)CN1CCC(CC2Cc3cc(OC)c(OC)cc3C2=O)CC1. The Morgan fingerprint density at radius 3 is 2.43 bits per heavy atom. The molecule has 1 saturated heterocycles. The first-order chi connectivity index (χ1) is 13.6. The normalized spacial score (nSPS) is 21.4. The third-order valence-corrected chi connectivity index (χ3v) is 6.19. The van der Waals surface area contributed by atoms with Crippen molar-refractivity contribution in [2.45, 2.75) is 39.5 Å². The van der Waals surface area contributed by atoms with Crippen molar-refractivity contribution in [2.24, 2.45) is 11.8 Å². The van der Waals surface area contributed by atoms with E-state index in [0.717, 1.165) is 43.6 Å². The van der Waals surface area contributed by atoms with Crippen molar-refractivity contribution in [3.05, 3.63) is 47.1 Å². The number of nitrogens with zero attached hydrogens (tertiary/aromatic N) is 1. The van der Waals surface area contributed by atoms with E-state index in [1.165, 1.54) is 18.4 Å². The van der Waals surface area contributed by atoms with Gasteiger partial charge < -0.3 is 9.47 Å². The lowest BCUT2D eigenvalue weighted by molar-refractivity contribution is 0.0900. The second-order valence-electron chi connectivity index (χ2n) is 7.95. The number of piperidine rings is 1. The van der Waals surface area contributed by atoms with Crippen molar-refractivity contribution < 1.29 is 14.3 Å². The number of Topliss-reactive ketones (excluding diaryl/α,β-unsaturated/α-hetero) is 1. The van der Waals surface area contributed by atoms with Crippen molar-refractivity contribution >= 4 is 5.78 Å². The molecule has 3 rings (SSSR count). The van der Waals surface area contributed by atoms with E-state index in [0.29, 0.717) is 17.4 Å². The topological polar surface area (TPSA) is 38.8 Å². The predicted octanol–water partition coefficient (Wildman–Crippen LogP) is 4.68. The molecular formula is C24H33NO3. The Kier molecular flexibility index (Phi) is 6.95. The first kappa shape index (κ1) is 20.7. The summed E-state index contributed by atoms with van der Waals surface area (Å²) in [5.41, 5.74) is 3.31. The molecule has 4 heteroatoms. The summed E-state index contributed by atoms with van der Waals surface area (Å²) in [5.74, 6) is 2.38. The largest absolute Gasteiger partial charge is 0.493 e. The lowest BCUT2D eigenvalue weighted by Gasteiger charge is -2.33. The lowest BCUT2D eigenvalue weighted by Crippen LogP contribution is -2.35. The molecule has 0 N–H and O–H groups in total. The van der Waals surface area contributed by atoms with Gasteiger partial charge in [-0.15, -0.1) is 0 Å². The van der Waals surface area contributed by atoms with Crippen LogP contribution in [0.25, 0.3) is 0 Å². The van der Waals surface area contributed by atoms with Gasteiger partial charge in [-0.1, -0.05) is 18.2 Å². The third kappa shape index (κ3) is 4.49. The highest BCUT2D eigenvalue weighted by atomic mass is 16.5. The minimum Gasteiger partial charge on any atom is -0.493 e. The van der Waals surface area contributed by atoms with Gasteiger partial charge in [-0.3, -0.25) is 9.69 Å². The van der Waals surface area contributed by atoms with Gasteiger partial charge in [0.15, 0.2) is 17.3 Å². The number of allylic oxidation sites excluding steroid dienone is 2. The van der Waals surface area contributed by atoms with Crippen LogP contribution in [-0.4, -0.2) is 44.5 Å². The van der Waals surface area contributed by atoms with Crippen LogP contribution in [0.2, 0.25) is 0 Å². The molecule has 152 valence electrons.